The molecule has 1 N–H and O–H groups in total. The fourth-order valence-electron chi connectivity index (χ4n) is 2.93. The SMILES string of the molecule is O=C(CCc1cncc2ccccc12)NCCCc1cccc(Cl)c1. The maximum Gasteiger partial charge on any atom is 0.220 e. The van der Waals surface area contributed by atoms with Crippen LogP contribution in [0.4, 0.5) is 0 Å². The lowest BCUT2D eigenvalue weighted by molar-refractivity contribution is -0.121. The molecule has 0 atom stereocenters. The van der Waals surface area contributed by atoms with Crippen LogP contribution in [-0.2, 0) is 17.6 Å². The quantitative estimate of drug-likeness (QED) is 0.633. The summed E-state index contributed by atoms with van der Waals surface area (Å²) in [7, 11) is 0. The zero-order chi connectivity index (χ0) is 17.5. The van der Waals surface area contributed by atoms with E-state index in [1.165, 1.54) is 10.9 Å². The number of nitrogens with one attached hydrogen (secondary N) is 1. The van der Waals surface area contributed by atoms with Gasteiger partial charge in [0.1, 0.15) is 0 Å². The molecule has 4 heteroatoms. The maximum absolute atomic E-state index is 12.1. The lowest BCUT2D eigenvalue weighted by Crippen LogP contribution is -2.25. The molecule has 0 unspecified atom stereocenters. The molecule has 0 saturated carbocycles. The predicted molar refractivity (Wildman–Crippen MR) is 103 cm³/mol. The molecular weight excluding hydrogens is 332 g/mol. The Bertz CT molecular complexity index is 858. The van der Waals surface area contributed by atoms with Crippen molar-refractivity contribution in [2.75, 3.05) is 6.54 Å². The van der Waals surface area contributed by atoms with Gasteiger partial charge in [-0.15, -0.1) is 0 Å². The highest BCUT2D eigenvalue weighted by Crippen LogP contribution is 2.18. The Balaban J connectivity index is 1.43. The summed E-state index contributed by atoms with van der Waals surface area (Å²) in [4.78, 5) is 16.3. The smallest absolute Gasteiger partial charge is 0.220 e. The first kappa shape index (κ1) is 17.4. The van der Waals surface area contributed by atoms with E-state index in [2.05, 4.69) is 22.4 Å². The fraction of sp³-hybridized carbons (Fsp3) is 0.238. The molecule has 0 saturated heterocycles. The van der Waals surface area contributed by atoms with Crippen molar-refractivity contribution in [2.24, 2.45) is 0 Å². The molecule has 3 nitrogen and oxygen atoms in total. The summed E-state index contributed by atoms with van der Waals surface area (Å²) in [6.45, 7) is 0.680. The minimum atomic E-state index is 0.0824. The van der Waals surface area contributed by atoms with Crippen LogP contribution < -0.4 is 5.32 Å². The van der Waals surface area contributed by atoms with Crippen molar-refractivity contribution >= 4 is 28.3 Å². The summed E-state index contributed by atoms with van der Waals surface area (Å²) in [6.07, 6.45) is 6.71. The van der Waals surface area contributed by atoms with Crippen LogP contribution in [0.25, 0.3) is 10.8 Å². The number of benzene rings is 2. The molecule has 1 amide bonds. The molecule has 1 heterocycles. The minimum Gasteiger partial charge on any atom is -0.356 e. The van der Waals surface area contributed by atoms with Crippen LogP contribution in [0, 0.1) is 0 Å². The molecule has 3 rings (SSSR count). The molecule has 0 bridgehead atoms. The number of amides is 1. The van der Waals surface area contributed by atoms with E-state index < -0.39 is 0 Å². The number of hydrogen-bond donors (Lipinski definition) is 1. The van der Waals surface area contributed by atoms with Gasteiger partial charge in [0.15, 0.2) is 0 Å². The monoisotopic (exact) mass is 352 g/mol. The van der Waals surface area contributed by atoms with E-state index in [9.17, 15) is 4.79 Å². The second kappa shape index (κ2) is 8.63. The standard InChI is InChI=1S/C21H21ClN2O/c22-19-8-3-5-16(13-19)6-4-12-24-21(25)11-10-18-15-23-14-17-7-1-2-9-20(17)18/h1-3,5,7-9,13-15H,4,6,10-12H2,(H,24,25). The van der Waals surface area contributed by atoms with Crippen molar-refractivity contribution in [3.63, 3.8) is 0 Å². The highest BCUT2D eigenvalue weighted by atomic mass is 35.5. The normalized spacial score (nSPS) is 10.8. The maximum atomic E-state index is 12.1. The van der Waals surface area contributed by atoms with Crippen molar-refractivity contribution < 1.29 is 4.79 Å². The van der Waals surface area contributed by atoms with Gasteiger partial charge in [-0.3, -0.25) is 9.78 Å². The largest absolute Gasteiger partial charge is 0.356 e. The topological polar surface area (TPSA) is 42.0 Å². The molecule has 3 aromatic rings. The second-order valence-corrected chi connectivity index (χ2v) is 6.54. The number of hydrogen-bond acceptors (Lipinski definition) is 2. The van der Waals surface area contributed by atoms with Gasteiger partial charge in [0.2, 0.25) is 5.91 Å². The van der Waals surface area contributed by atoms with Crippen LogP contribution in [0.1, 0.15) is 24.0 Å². The lowest BCUT2D eigenvalue weighted by atomic mass is 10.0. The first-order valence-electron chi connectivity index (χ1n) is 8.55. The minimum absolute atomic E-state index is 0.0824. The van der Waals surface area contributed by atoms with Gasteiger partial charge in [-0.05, 0) is 47.9 Å². The van der Waals surface area contributed by atoms with Crippen molar-refractivity contribution in [3.05, 3.63) is 77.1 Å². The van der Waals surface area contributed by atoms with Crippen LogP contribution in [0.3, 0.4) is 0 Å². The summed E-state index contributed by atoms with van der Waals surface area (Å²) < 4.78 is 0. The highest BCUT2D eigenvalue weighted by molar-refractivity contribution is 6.30. The first-order chi connectivity index (χ1) is 12.2. The number of pyridine rings is 1. The molecule has 128 valence electrons. The molecular formula is C21H21ClN2O. The van der Waals surface area contributed by atoms with Crippen LogP contribution in [0.15, 0.2) is 60.9 Å². The van der Waals surface area contributed by atoms with Crippen molar-refractivity contribution in [1.29, 1.82) is 0 Å². The average Bonchev–Trinajstić information content (AvgIpc) is 2.63. The molecule has 25 heavy (non-hydrogen) atoms. The first-order valence-corrected chi connectivity index (χ1v) is 8.93. The van der Waals surface area contributed by atoms with Crippen molar-refractivity contribution in [1.82, 2.24) is 10.3 Å². The summed E-state index contributed by atoms with van der Waals surface area (Å²) in [5, 5.41) is 6.03. The third-order valence-electron chi connectivity index (χ3n) is 4.23. The van der Waals surface area contributed by atoms with Crippen molar-refractivity contribution in [2.45, 2.75) is 25.7 Å². The number of nitrogens with zero attached hydrogens (tertiary/aromatic N) is 1. The van der Waals surface area contributed by atoms with Gasteiger partial charge in [-0.1, -0.05) is 48.0 Å². The van der Waals surface area contributed by atoms with Gasteiger partial charge >= 0.3 is 0 Å². The lowest BCUT2D eigenvalue weighted by Gasteiger charge is -2.07. The summed E-state index contributed by atoms with van der Waals surface area (Å²) in [5.74, 6) is 0.0824. The predicted octanol–water partition coefficient (Wildman–Crippen LogP) is 4.57. The molecule has 0 aliphatic carbocycles. The Morgan fingerprint density at radius 3 is 2.80 bits per heavy atom. The molecule has 0 radical (unpaired) electrons. The van der Waals surface area contributed by atoms with Gasteiger partial charge in [0, 0.05) is 35.8 Å². The number of rotatable bonds is 7. The van der Waals surface area contributed by atoms with E-state index in [1.807, 2.05) is 48.8 Å². The summed E-state index contributed by atoms with van der Waals surface area (Å²) >= 11 is 5.97. The van der Waals surface area contributed by atoms with E-state index >= 15 is 0 Å². The number of carbonyl (C=O) groups excluding carboxylic acids is 1. The molecule has 0 spiro atoms. The zero-order valence-corrected chi connectivity index (χ0v) is 14.8. The Hall–Kier alpha value is -2.39. The van der Waals surface area contributed by atoms with Gasteiger partial charge in [-0.25, -0.2) is 0 Å². The molecule has 2 aromatic carbocycles. The molecule has 0 aliphatic heterocycles. The Morgan fingerprint density at radius 2 is 1.92 bits per heavy atom. The van der Waals surface area contributed by atoms with Crippen molar-refractivity contribution in [3.8, 4) is 0 Å². The Labute approximate surface area is 153 Å². The number of aromatic nitrogens is 1. The van der Waals surface area contributed by atoms with Crippen LogP contribution >= 0.6 is 11.6 Å². The van der Waals surface area contributed by atoms with Crippen LogP contribution in [-0.4, -0.2) is 17.4 Å². The van der Waals surface area contributed by atoms with Gasteiger partial charge < -0.3 is 5.32 Å². The van der Waals surface area contributed by atoms with Gasteiger partial charge in [-0.2, -0.15) is 0 Å². The third-order valence-corrected chi connectivity index (χ3v) is 4.46. The fourth-order valence-corrected chi connectivity index (χ4v) is 3.14. The van der Waals surface area contributed by atoms with Gasteiger partial charge in [0.25, 0.3) is 0 Å². The van der Waals surface area contributed by atoms with Crippen LogP contribution in [0.5, 0.6) is 0 Å². The zero-order valence-electron chi connectivity index (χ0n) is 14.0. The Morgan fingerprint density at radius 1 is 1.04 bits per heavy atom. The third kappa shape index (κ3) is 5.04. The van der Waals surface area contributed by atoms with Crippen LogP contribution in [0.2, 0.25) is 5.02 Å². The van der Waals surface area contributed by atoms with E-state index in [4.69, 9.17) is 11.6 Å². The molecule has 0 aliphatic rings. The second-order valence-electron chi connectivity index (χ2n) is 6.10. The molecule has 0 fully saturated rings. The molecule has 1 aromatic heterocycles. The summed E-state index contributed by atoms with van der Waals surface area (Å²) in [5.41, 5.74) is 2.32. The van der Waals surface area contributed by atoms with Gasteiger partial charge in [0.05, 0.1) is 0 Å². The van der Waals surface area contributed by atoms with E-state index in [0.29, 0.717) is 19.4 Å². The Kier molecular flexibility index (Phi) is 6.02. The van der Waals surface area contributed by atoms with E-state index in [0.717, 1.165) is 28.8 Å². The number of fused-ring (bicyclic) bond motifs is 1. The summed E-state index contributed by atoms with van der Waals surface area (Å²) in [6, 6.07) is 16.0. The average molecular weight is 353 g/mol. The highest BCUT2D eigenvalue weighted by Gasteiger charge is 2.05. The van der Waals surface area contributed by atoms with E-state index in [-0.39, 0.29) is 5.91 Å². The number of aryl methyl sites for hydroxylation is 2. The number of carbonyl (C=O) groups is 1. The van der Waals surface area contributed by atoms with E-state index in [1.54, 1.807) is 0 Å². The number of halogens is 1.